The van der Waals surface area contributed by atoms with Gasteiger partial charge in [0.1, 0.15) is 0 Å². The number of aryl methyl sites for hydroxylation is 1. The van der Waals surface area contributed by atoms with Crippen LogP contribution in [0.4, 0.5) is 5.13 Å². The average Bonchev–Trinajstić information content (AvgIpc) is 3.37. The number of hydrogen-bond acceptors (Lipinski definition) is 7. The lowest BCUT2D eigenvalue weighted by molar-refractivity contribution is -0.121. The van der Waals surface area contributed by atoms with E-state index in [2.05, 4.69) is 15.2 Å². The molecule has 1 aliphatic rings. The monoisotopic (exact) mass is 391 g/mol. The van der Waals surface area contributed by atoms with Gasteiger partial charge in [0.15, 0.2) is 16.6 Å². The van der Waals surface area contributed by atoms with Gasteiger partial charge in [-0.1, -0.05) is 6.07 Å². The number of carbonyl (C=O) groups is 1. The Balaban J connectivity index is 1.55. The van der Waals surface area contributed by atoms with Crippen molar-refractivity contribution in [3.63, 3.8) is 0 Å². The first kappa shape index (κ1) is 19.3. The molecule has 0 radical (unpaired) electrons. The summed E-state index contributed by atoms with van der Waals surface area (Å²) in [5.41, 5.74) is 0.918. The zero-order chi connectivity index (χ0) is 19.2. The maximum Gasteiger partial charge on any atom is 0.220 e. The van der Waals surface area contributed by atoms with Crippen molar-refractivity contribution in [2.24, 2.45) is 0 Å². The third kappa shape index (κ3) is 4.44. The first-order valence-electron chi connectivity index (χ1n) is 8.88. The van der Waals surface area contributed by atoms with E-state index in [1.165, 1.54) is 0 Å². The van der Waals surface area contributed by atoms with Crippen LogP contribution < -0.4 is 24.4 Å². The minimum atomic E-state index is 0.0397. The quantitative estimate of drug-likeness (QED) is 0.745. The van der Waals surface area contributed by atoms with Crippen molar-refractivity contribution >= 4 is 22.4 Å². The minimum Gasteiger partial charge on any atom is -0.493 e. The van der Waals surface area contributed by atoms with E-state index in [9.17, 15) is 4.79 Å². The summed E-state index contributed by atoms with van der Waals surface area (Å²) >= 11 is 1.63. The van der Waals surface area contributed by atoms with Crippen LogP contribution in [0.25, 0.3) is 0 Å². The van der Waals surface area contributed by atoms with Crippen LogP contribution >= 0.6 is 11.3 Å². The Bertz CT molecular complexity index is 767. The fourth-order valence-electron chi connectivity index (χ4n) is 3.33. The van der Waals surface area contributed by atoms with Crippen LogP contribution in [0.5, 0.6) is 17.2 Å². The molecule has 146 valence electrons. The Morgan fingerprint density at radius 2 is 2.07 bits per heavy atom. The first-order chi connectivity index (χ1) is 13.2. The Kier molecular flexibility index (Phi) is 6.39. The van der Waals surface area contributed by atoms with Crippen molar-refractivity contribution < 1.29 is 19.0 Å². The lowest BCUT2D eigenvalue weighted by Crippen LogP contribution is -2.37. The van der Waals surface area contributed by atoms with Crippen LogP contribution in [0.2, 0.25) is 0 Å². The van der Waals surface area contributed by atoms with Crippen molar-refractivity contribution in [1.29, 1.82) is 0 Å². The Hall–Kier alpha value is -2.48. The molecule has 0 spiro atoms. The molecule has 1 aromatic heterocycles. The molecular formula is C19H25N3O4S. The minimum absolute atomic E-state index is 0.0397. The van der Waals surface area contributed by atoms with Gasteiger partial charge < -0.3 is 24.4 Å². The number of nitrogens with one attached hydrogen (secondary N) is 1. The molecule has 8 heteroatoms. The van der Waals surface area contributed by atoms with Gasteiger partial charge >= 0.3 is 0 Å². The fourth-order valence-corrected chi connectivity index (χ4v) is 4.01. The number of thiazole rings is 1. The lowest BCUT2D eigenvalue weighted by Gasteiger charge is -2.17. The smallest absolute Gasteiger partial charge is 0.220 e. The van der Waals surface area contributed by atoms with E-state index in [-0.39, 0.29) is 11.9 Å². The van der Waals surface area contributed by atoms with Crippen LogP contribution in [-0.2, 0) is 11.2 Å². The number of benzene rings is 1. The molecule has 2 heterocycles. The average molecular weight is 391 g/mol. The SMILES string of the molecule is COc1ccc(CCC(=O)NC2CCN(c3nccs3)C2)c(OC)c1OC. The van der Waals surface area contributed by atoms with Gasteiger partial charge in [-0.25, -0.2) is 4.98 Å². The number of hydrogen-bond donors (Lipinski definition) is 1. The molecule has 27 heavy (non-hydrogen) atoms. The van der Waals surface area contributed by atoms with Crippen molar-refractivity contribution in [3.8, 4) is 17.2 Å². The van der Waals surface area contributed by atoms with E-state index < -0.39 is 0 Å². The molecule has 1 fully saturated rings. The maximum atomic E-state index is 12.4. The second-order valence-electron chi connectivity index (χ2n) is 6.31. The number of methoxy groups -OCH3 is 3. The van der Waals surface area contributed by atoms with Crippen LogP contribution in [0, 0.1) is 0 Å². The summed E-state index contributed by atoms with van der Waals surface area (Å²) in [6.07, 6.45) is 3.70. The molecule has 1 N–H and O–H groups in total. The number of aromatic nitrogens is 1. The van der Waals surface area contributed by atoms with E-state index in [0.717, 1.165) is 30.2 Å². The van der Waals surface area contributed by atoms with Gasteiger partial charge in [-0.3, -0.25) is 4.79 Å². The third-order valence-corrected chi connectivity index (χ3v) is 5.48. The highest BCUT2D eigenvalue weighted by Gasteiger charge is 2.25. The maximum absolute atomic E-state index is 12.4. The highest BCUT2D eigenvalue weighted by Crippen LogP contribution is 2.40. The summed E-state index contributed by atoms with van der Waals surface area (Å²) < 4.78 is 16.2. The summed E-state index contributed by atoms with van der Waals surface area (Å²) in [4.78, 5) is 19.0. The highest BCUT2D eigenvalue weighted by molar-refractivity contribution is 7.13. The summed E-state index contributed by atoms with van der Waals surface area (Å²) in [6, 6.07) is 3.90. The van der Waals surface area contributed by atoms with Gasteiger partial charge in [0.05, 0.1) is 21.3 Å². The Morgan fingerprint density at radius 3 is 2.74 bits per heavy atom. The predicted molar refractivity (Wildman–Crippen MR) is 105 cm³/mol. The zero-order valence-electron chi connectivity index (χ0n) is 15.9. The largest absolute Gasteiger partial charge is 0.493 e. The fraction of sp³-hybridized carbons (Fsp3) is 0.474. The van der Waals surface area contributed by atoms with Gasteiger partial charge in [-0.15, -0.1) is 11.3 Å². The second-order valence-corrected chi connectivity index (χ2v) is 7.18. The molecule has 1 atom stereocenters. The highest BCUT2D eigenvalue weighted by atomic mass is 32.1. The molecule has 0 aliphatic carbocycles. The topological polar surface area (TPSA) is 72.9 Å². The molecule has 1 unspecified atom stereocenters. The molecule has 0 bridgehead atoms. The van der Waals surface area contributed by atoms with Crippen LogP contribution in [-0.4, -0.2) is 51.4 Å². The standard InChI is InChI=1S/C19H25N3O4S/c1-24-15-6-4-13(17(25-2)18(15)26-3)5-7-16(23)21-14-8-10-22(12-14)19-20-9-11-27-19/h4,6,9,11,14H,5,7-8,10,12H2,1-3H3,(H,21,23). The van der Waals surface area contributed by atoms with Crippen molar-refractivity contribution in [3.05, 3.63) is 29.3 Å². The van der Waals surface area contributed by atoms with Gasteiger partial charge in [0.2, 0.25) is 11.7 Å². The molecule has 1 aliphatic heterocycles. The number of anilines is 1. The van der Waals surface area contributed by atoms with Gasteiger partial charge in [-0.05, 0) is 24.5 Å². The van der Waals surface area contributed by atoms with Crippen molar-refractivity contribution in [1.82, 2.24) is 10.3 Å². The van der Waals surface area contributed by atoms with Gasteiger partial charge in [0, 0.05) is 37.1 Å². The van der Waals surface area contributed by atoms with E-state index in [1.54, 1.807) is 32.7 Å². The van der Waals surface area contributed by atoms with Crippen LogP contribution in [0.1, 0.15) is 18.4 Å². The summed E-state index contributed by atoms with van der Waals surface area (Å²) in [5.74, 6) is 1.81. The Labute approximate surface area is 163 Å². The second kappa shape index (κ2) is 8.94. The molecule has 2 aromatic rings. The van der Waals surface area contributed by atoms with Crippen molar-refractivity contribution in [2.45, 2.75) is 25.3 Å². The predicted octanol–water partition coefficient (Wildman–Crippen LogP) is 2.50. The third-order valence-electron chi connectivity index (χ3n) is 4.65. The lowest BCUT2D eigenvalue weighted by atomic mass is 10.1. The summed E-state index contributed by atoms with van der Waals surface area (Å²) in [7, 11) is 4.75. The molecule has 1 saturated heterocycles. The van der Waals surface area contributed by atoms with E-state index >= 15 is 0 Å². The molecule has 3 rings (SSSR count). The van der Waals surface area contributed by atoms with E-state index in [0.29, 0.717) is 30.1 Å². The first-order valence-corrected chi connectivity index (χ1v) is 9.75. The number of ether oxygens (including phenoxy) is 3. The van der Waals surface area contributed by atoms with Gasteiger partial charge in [0.25, 0.3) is 0 Å². The number of nitrogens with zero attached hydrogens (tertiary/aromatic N) is 2. The van der Waals surface area contributed by atoms with E-state index in [4.69, 9.17) is 14.2 Å². The van der Waals surface area contributed by atoms with Crippen LogP contribution in [0.15, 0.2) is 23.7 Å². The van der Waals surface area contributed by atoms with Gasteiger partial charge in [-0.2, -0.15) is 0 Å². The molecular weight excluding hydrogens is 366 g/mol. The molecule has 1 aromatic carbocycles. The zero-order valence-corrected chi connectivity index (χ0v) is 16.7. The van der Waals surface area contributed by atoms with Crippen LogP contribution in [0.3, 0.4) is 0 Å². The summed E-state index contributed by atoms with van der Waals surface area (Å²) in [6.45, 7) is 1.72. The van der Waals surface area contributed by atoms with E-state index in [1.807, 2.05) is 23.7 Å². The molecule has 0 saturated carbocycles. The Morgan fingerprint density at radius 1 is 1.26 bits per heavy atom. The normalized spacial score (nSPS) is 16.3. The van der Waals surface area contributed by atoms with Crippen molar-refractivity contribution in [2.75, 3.05) is 39.3 Å². The number of rotatable bonds is 8. The number of amides is 1. The molecule has 7 nitrogen and oxygen atoms in total. The number of carbonyl (C=O) groups excluding carboxylic acids is 1. The summed E-state index contributed by atoms with van der Waals surface area (Å²) in [5, 5.41) is 6.11. The molecule has 1 amide bonds.